The number of benzene rings is 2. The molecule has 2 aliphatic heterocycles. The van der Waals surface area contributed by atoms with Crippen LogP contribution in [0.5, 0.6) is 5.75 Å². The number of hydrogen-bond acceptors (Lipinski definition) is 7. The lowest BCUT2D eigenvalue weighted by Gasteiger charge is -2.41. The molecule has 2 aliphatic rings. The van der Waals surface area contributed by atoms with E-state index in [1.807, 2.05) is 12.1 Å². The van der Waals surface area contributed by atoms with Gasteiger partial charge in [0.2, 0.25) is 5.95 Å². The van der Waals surface area contributed by atoms with Crippen molar-refractivity contribution < 1.29 is 13.5 Å². The van der Waals surface area contributed by atoms with Crippen molar-refractivity contribution in [2.24, 2.45) is 0 Å². The summed E-state index contributed by atoms with van der Waals surface area (Å²) in [5, 5.41) is 6.66. The molecule has 37 heavy (non-hydrogen) atoms. The highest BCUT2D eigenvalue weighted by Crippen LogP contribution is 2.34. The van der Waals surface area contributed by atoms with Gasteiger partial charge in [0.1, 0.15) is 17.4 Å². The summed E-state index contributed by atoms with van der Waals surface area (Å²) in [5.74, 6) is 0.211. The van der Waals surface area contributed by atoms with Gasteiger partial charge in [0.25, 0.3) is 0 Å². The highest BCUT2D eigenvalue weighted by molar-refractivity contribution is 5.67. The summed E-state index contributed by atoms with van der Waals surface area (Å²) in [6, 6.07) is 10.7. The monoisotopic (exact) mass is 508 g/mol. The number of anilines is 3. The molecule has 0 saturated carbocycles. The van der Waals surface area contributed by atoms with Crippen molar-refractivity contribution in [3.05, 3.63) is 71.6 Å². The van der Waals surface area contributed by atoms with Crippen LogP contribution in [0.2, 0.25) is 0 Å². The van der Waals surface area contributed by atoms with Crippen LogP contribution in [-0.2, 0) is 12.8 Å². The molecule has 0 aliphatic carbocycles. The Morgan fingerprint density at radius 1 is 0.973 bits per heavy atom. The molecule has 9 heteroatoms. The fourth-order valence-electron chi connectivity index (χ4n) is 5.25. The van der Waals surface area contributed by atoms with Crippen LogP contribution in [0.3, 0.4) is 0 Å². The van der Waals surface area contributed by atoms with Gasteiger partial charge in [0.15, 0.2) is 0 Å². The maximum absolute atomic E-state index is 13.9. The molecule has 0 spiro atoms. The average molecular weight is 509 g/mol. The zero-order valence-corrected chi connectivity index (χ0v) is 21.2. The maximum Gasteiger partial charge on any atom is 0.227 e. The number of piperidine rings is 1. The zero-order chi connectivity index (χ0) is 25.6. The number of hydrogen-bond donors (Lipinski definition) is 2. The third-order valence-electron chi connectivity index (χ3n) is 7.34. The van der Waals surface area contributed by atoms with Crippen LogP contribution < -0.4 is 20.3 Å². The number of nitrogens with zero attached hydrogens (tertiary/aromatic N) is 4. The molecule has 3 heterocycles. The Kier molecular flexibility index (Phi) is 8.11. The van der Waals surface area contributed by atoms with Crippen molar-refractivity contribution in [3.8, 4) is 5.75 Å². The van der Waals surface area contributed by atoms with E-state index in [0.29, 0.717) is 18.4 Å². The van der Waals surface area contributed by atoms with Crippen molar-refractivity contribution in [2.45, 2.75) is 31.7 Å². The third-order valence-corrected chi connectivity index (χ3v) is 7.34. The first-order valence-electron chi connectivity index (χ1n) is 13.0. The molecule has 2 saturated heterocycles. The molecule has 0 unspecified atom stereocenters. The summed E-state index contributed by atoms with van der Waals surface area (Å²) in [6.45, 7) is 6.48. The van der Waals surface area contributed by atoms with Crippen molar-refractivity contribution in [2.75, 3.05) is 56.6 Å². The van der Waals surface area contributed by atoms with Gasteiger partial charge >= 0.3 is 0 Å². The van der Waals surface area contributed by atoms with E-state index in [4.69, 9.17) is 4.74 Å². The first kappa shape index (κ1) is 25.4. The van der Waals surface area contributed by atoms with Crippen molar-refractivity contribution in [3.63, 3.8) is 0 Å². The van der Waals surface area contributed by atoms with E-state index in [-0.39, 0.29) is 12.0 Å². The molecule has 2 aromatic carbocycles. The van der Waals surface area contributed by atoms with E-state index in [9.17, 15) is 8.78 Å². The van der Waals surface area contributed by atoms with Gasteiger partial charge in [-0.3, -0.25) is 4.90 Å². The fraction of sp³-hybridized carbons (Fsp3) is 0.429. The molecule has 0 amide bonds. The van der Waals surface area contributed by atoms with Gasteiger partial charge in [0, 0.05) is 75.0 Å². The van der Waals surface area contributed by atoms with Crippen LogP contribution in [0.15, 0.2) is 48.8 Å². The van der Waals surface area contributed by atoms with Gasteiger partial charge < -0.3 is 20.3 Å². The Morgan fingerprint density at radius 3 is 2.35 bits per heavy atom. The molecular formula is C28H34F2N6O. The van der Waals surface area contributed by atoms with Crippen LogP contribution in [-0.4, -0.2) is 67.3 Å². The first-order chi connectivity index (χ1) is 18.1. The van der Waals surface area contributed by atoms with E-state index in [1.165, 1.54) is 18.2 Å². The number of rotatable bonds is 8. The highest BCUT2D eigenvalue weighted by Gasteiger charge is 2.26. The molecular weight excluding hydrogens is 474 g/mol. The van der Waals surface area contributed by atoms with Crippen molar-refractivity contribution >= 4 is 17.3 Å². The lowest BCUT2D eigenvalue weighted by molar-refractivity contribution is 0.150. The van der Waals surface area contributed by atoms with Crippen LogP contribution in [0.4, 0.5) is 26.1 Å². The van der Waals surface area contributed by atoms with Crippen molar-refractivity contribution in [1.29, 1.82) is 0 Å². The molecule has 1 aromatic heterocycles. The van der Waals surface area contributed by atoms with E-state index in [0.717, 1.165) is 74.8 Å². The Morgan fingerprint density at radius 2 is 1.68 bits per heavy atom. The number of ether oxygens (including phenoxy) is 1. The second kappa shape index (κ2) is 11.8. The molecule has 2 N–H and O–H groups in total. The topological polar surface area (TPSA) is 65.5 Å². The maximum atomic E-state index is 13.9. The third kappa shape index (κ3) is 6.17. The second-order valence-corrected chi connectivity index (χ2v) is 9.63. The SMILES string of the molecule is COc1cc(Nc2ncc(CCc3c(F)cccc3F)cn2)ccc1N1CCC(N2CCNCC2)CC1. The summed E-state index contributed by atoms with van der Waals surface area (Å²) in [5.41, 5.74) is 2.83. The van der Waals surface area contributed by atoms with Gasteiger partial charge in [0.05, 0.1) is 12.8 Å². The Bertz CT molecular complexity index is 1160. The van der Waals surface area contributed by atoms with Gasteiger partial charge in [-0.25, -0.2) is 18.7 Å². The number of aryl methyl sites for hydroxylation is 1. The lowest BCUT2D eigenvalue weighted by Crippen LogP contribution is -2.52. The van der Waals surface area contributed by atoms with Crippen LogP contribution in [0.1, 0.15) is 24.0 Å². The summed E-state index contributed by atoms with van der Waals surface area (Å²) in [4.78, 5) is 13.8. The summed E-state index contributed by atoms with van der Waals surface area (Å²) in [6.07, 6.45) is 6.38. The Balaban J connectivity index is 1.18. The Hall–Kier alpha value is -3.30. The minimum Gasteiger partial charge on any atom is -0.495 e. The summed E-state index contributed by atoms with van der Waals surface area (Å²) < 4.78 is 33.5. The number of nitrogens with one attached hydrogen (secondary N) is 2. The van der Waals surface area contributed by atoms with Crippen molar-refractivity contribution in [1.82, 2.24) is 20.2 Å². The minimum absolute atomic E-state index is 0.0879. The molecule has 5 rings (SSSR count). The van der Waals surface area contributed by atoms with Gasteiger partial charge in [-0.2, -0.15) is 0 Å². The fourth-order valence-corrected chi connectivity index (χ4v) is 5.25. The molecule has 196 valence electrons. The predicted molar refractivity (Wildman–Crippen MR) is 142 cm³/mol. The van der Waals surface area contributed by atoms with Gasteiger partial charge in [-0.15, -0.1) is 0 Å². The average Bonchev–Trinajstić information content (AvgIpc) is 2.94. The quantitative estimate of drug-likeness (QED) is 0.474. The van der Waals surface area contributed by atoms with Gasteiger partial charge in [-0.1, -0.05) is 6.07 Å². The minimum atomic E-state index is -0.527. The normalized spacial score (nSPS) is 17.1. The first-order valence-corrected chi connectivity index (χ1v) is 13.0. The zero-order valence-electron chi connectivity index (χ0n) is 21.2. The molecule has 2 fully saturated rings. The predicted octanol–water partition coefficient (Wildman–Crippen LogP) is 4.17. The lowest BCUT2D eigenvalue weighted by atomic mass is 10.0. The second-order valence-electron chi connectivity index (χ2n) is 9.63. The number of halogens is 2. The molecule has 0 radical (unpaired) electrons. The molecule has 0 bridgehead atoms. The summed E-state index contributed by atoms with van der Waals surface area (Å²) in [7, 11) is 1.69. The van der Waals surface area contributed by atoms with E-state index in [2.05, 4.69) is 36.5 Å². The van der Waals surface area contributed by atoms with E-state index < -0.39 is 11.6 Å². The largest absolute Gasteiger partial charge is 0.495 e. The molecule has 0 atom stereocenters. The number of piperazine rings is 1. The number of methoxy groups -OCH3 is 1. The highest BCUT2D eigenvalue weighted by atomic mass is 19.1. The van der Waals surface area contributed by atoms with Crippen LogP contribution >= 0.6 is 0 Å². The van der Waals surface area contributed by atoms with Crippen LogP contribution in [0.25, 0.3) is 0 Å². The summed E-state index contributed by atoms with van der Waals surface area (Å²) >= 11 is 0. The van der Waals surface area contributed by atoms with E-state index >= 15 is 0 Å². The Labute approximate surface area is 216 Å². The smallest absolute Gasteiger partial charge is 0.227 e. The van der Waals surface area contributed by atoms with E-state index in [1.54, 1.807) is 19.5 Å². The number of aromatic nitrogens is 2. The molecule has 3 aromatic rings. The van der Waals surface area contributed by atoms with Crippen LogP contribution in [0, 0.1) is 11.6 Å². The molecule has 7 nitrogen and oxygen atoms in total. The van der Waals surface area contributed by atoms with Gasteiger partial charge in [-0.05, 0) is 55.5 Å². The standard InChI is InChI=1S/C28H34F2N6O/c1-37-27-17-21(6-8-26(27)36-13-9-22(10-14-36)35-15-11-31-12-16-35)34-28-32-18-20(19-33-28)5-7-23-24(29)3-2-4-25(23)30/h2-4,6,8,17-19,22,31H,5,7,9-16H2,1H3,(H,32,33,34).